The Morgan fingerprint density at radius 2 is 2.20 bits per heavy atom. The standard InChI is InChI=1S/C12H17N5O2S/c1-9-6-13-15-12(9)11-4-3-5-17(11)20(18,19)10-7-14-16(2)8-10/h6-8,11H,3-5H2,1-2H3,(H,13,15). The van der Waals surface area contributed by atoms with Gasteiger partial charge in [-0.3, -0.25) is 9.78 Å². The Bertz CT molecular complexity index is 718. The van der Waals surface area contributed by atoms with E-state index in [-0.39, 0.29) is 10.9 Å². The van der Waals surface area contributed by atoms with E-state index in [0.29, 0.717) is 6.54 Å². The third-order valence-corrected chi connectivity index (χ3v) is 5.55. The van der Waals surface area contributed by atoms with Gasteiger partial charge < -0.3 is 0 Å². The van der Waals surface area contributed by atoms with E-state index >= 15 is 0 Å². The maximum atomic E-state index is 12.7. The van der Waals surface area contributed by atoms with Gasteiger partial charge in [0.15, 0.2) is 0 Å². The van der Waals surface area contributed by atoms with Crippen molar-refractivity contribution in [3.63, 3.8) is 0 Å². The summed E-state index contributed by atoms with van der Waals surface area (Å²) in [4.78, 5) is 0.240. The molecule has 2 aromatic heterocycles. The molecule has 3 heterocycles. The number of nitrogens with zero attached hydrogens (tertiary/aromatic N) is 4. The molecule has 0 radical (unpaired) electrons. The van der Waals surface area contributed by atoms with Gasteiger partial charge in [-0.05, 0) is 25.3 Å². The van der Waals surface area contributed by atoms with Gasteiger partial charge in [0.2, 0.25) is 10.0 Å². The van der Waals surface area contributed by atoms with E-state index < -0.39 is 10.0 Å². The first kappa shape index (κ1) is 13.3. The summed E-state index contributed by atoms with van der Waals surface area (Å²) in [6.45, 7) is 2.46. The third-order valence-electron chi connectivity index (χ3n) is 3.69. The van der Waals surface area contributed by atoms with Crippen molar-refractivity contribution in [1.29, 1.82) is 0 Å². The third kappa shape index (κ3) is 2.04. The van der Waals surface area contributed by atoms with Crippen molar-refractivity contribution in [2.75, 3.05) is 6.54 Å². The van der Waals surface area contributed by atoms with Gasteiger partial charge in [-0.25, -0.2) is 8.42 Å². The molecule has 0 spiro atoms. The molecule has 1 aliphatic heterocycles. The van der Waals surface area contributed by atoms with Gasteiger partial charge >= 0.3 is 0 Å². The normalized spacial score (nSPS) is 20.6. The second-order valence-electron chi connectivity index (χ2n) is 5.09. The molecule has 2 aromatic rings. The first-order chi connectivity index (χ1) is 9.50. The van der Waals surface area contributed by atoms with Crippen LogP contribution in [0.3, 0.4) is 0 Å². The van der Waals surface area contributed by atoms with Crippen LogP contribution in [0.1, 0.15) is 30.1 Å². The molecular weight excluding hydrogens is 278 g/mol. The molecule has 1 N–H and O–H groups in total. The van der Waals surface area contributed by atoms with Crippen LogP contribution >= 0.6 is 0 Å². The number of nitrogens with one attached hydrogen (secondary N) is 1. The van der Waals surface area contributed by atoms with Crippen LogP contribution in [-0.4, -0.2) is 39.2 Å². The summed E-state index contributed by atoms with van der Waals surface area (Å²) in [5, 5.41) is 10.9. The molecule has 1 aliphatic rings. The smallest absolute Gasteiger partial charge is 0.246 e. The van der Waals surface area contributed by atoms with Crippen molar-refractivity contribution < 1.29 is 8.42 Å². The van der Waals surface area contributed by atoms with Crippen LogP contribution in [-0.2, 0) is 17.1 Å². The van der Waals surface area contributed by atoms with Crippen LogP contribution in [0.15, 0.2) is 23.5 Å². The minimum atomic E-state index is -3.51. The van der Waals surface area contributed by atoms with Crippen molar-refractivity contribution in [3.8, 4) is 0 Å². The summed E-state index contributed by atoms with van der Waals surface area (Å²) < 4.78 is 28.5. The summed E-state index contributed by atoms with van der Waals surface area (Å²) in [7, 11) is -1.80. The maximum Gasteiger partial charge on any atom is 0.246 e. The highest BCUT2D eigenvalue weighted by molar-refractivity contribution is 7.89. The summed E-state index contributed by atoms with van der Waals surface area (Å²) in [6, 6.07) is -0.164. The van der Waals surface area contributed by atoms with Crippen LogP contribution in [0.5, 0.6) is 0 Å². The minimum absolute atomic E-state index is 0.164. The van der Waals surface area contributed by atoms with E-state index in [1.54, 1.807) is 17.5 Å². The summed E-state index contributed by atoms with van der Waals surface area (Å²) in [5.41, 5.74) is 1.87. The van der Waals surface area contributed by atoms with E-state index in [4.69, 9.17) is 0 Å². The molecule has 0 bridgehead atoms. The molecule has 3 rings (SSSR count). The van der Waals surface area contributed by atoms with Gasteiger partial charge in [0.1, 0.15) is 4.90 Å². The van der Waals surface area contributed by atoms with E-state index in [0.717, 1.165) is 24.1 Å². The number of rotatable bonds is 3. The molecule has 7 nitrogen and oxygen atoms in total. The summed E-state index contributed by atoms with van der Waals surface area (Å²) in [5.74, 6) is 0. The second kappa shape index (κ2) is 4.71. The number of aryl methyl sites for hydroxylation is 2. The highest BCUT2D eigenvalue weighted by atomic mass is 32.2. The average Bonchev–Trinajstić information content (AvgIpc) is 3.07. The SMILES string of the molecule is Cc1cn[nH]c1C1CCCN1S(=O)(=O)c1cnn(C)c1. The predicted molar refractivity (Wildman–Crippen MR) is 72.4 cm³/mol. The van der Waals surface area contributed by atoms with Crippen LogP contribution < -0.4 is 0 Å². The highest BCUT2D eigenvalue weighted by Crippen LogP contribution is 2.36. The van der Waals surface area contributed by atoms with Crippen molar-refractivity contribution in [1.82, 2.24) is 24.3 Å². The van der Waals surface area contributed by atoms with E-state index in [1.807, 2.05) is 6.92 Å². The van der Waals surface area contributed by atoms with Crippen molar-refractivity contribution in [3.05, 3.63) is 29.8 Å². The lowest BCUT2D eigenvalue weighted by molar-refractivity contribution is 0.389. The molecule has 108 valence electrons. The van der Waals surface area contributed by atoms with Crippen LogP contribution in [0, 0.1) is 6.92 Å². The Morgan fingerprint density at radius 1 is 1.40 bits per heavy atom. The largest absolute Gasteiger partial charge is 0.281 e. The van der Waals surface area contributed by atoms with E-state index in [1.165, 1.54) is 17.1 Å². The fraction of sp³-hybridized carbons (Fsp3) is 0.500. The molecule has 0 aromatic carbocycles. The molecule has 1 saturated heterocycles. The van der Waals surface area contributed by atoms with E-state index in [9.17, 15) is 8.42 Å². The number of aromatic nitrogens is 4. The first-order valence-corrected chi connectivity index (χ1v) is 7.94. The minimum Gasteiger partial charge on any atom is -0.281 e. The average molecular weight is 295 g/mol. The molecule has 1 unspecified atom stereocenters. The van der Waals surface area contributed by atoms with Crippen molar-refractivity contribution in [2.24, 2.45) is 7.05 Å². The Labute approximate surface area is 117 Å². The molecule has 1 fully saturated rings. The van der Waals surface area contributed by atoms with Gasteiger partial charge in [0.05, 0.1) is 24.1 Å². The van der Waals surface area contributed by atoms with Crippen LogP contribution in [0.2, 0.25) is 0 Å². The molecular formula is C12H17N5O2S. The molecule has 20 heavy (non-hydrogen) atoms. The Hall–Kier alpha value is -1.67. The van der Waals surface area contributed by atoms with Crippen molar-refractivity contribution >= 4 is 10.0 Å². The number of hydrogen-bond donors (Lipinski definition) is 1. The molecule has 8 heteroatoms. The van der Waals surface area contributed by atoms with Gasteiger partial charge in [0.25, 0.3) is 0 Å². The highest BCUT2D eigenvalue weighted by Gasteiger charge is 2.38. The van der Waals surface area contributed by atoms with Gasteiger partial charge in [-0.1, -0.05) is 0 Å². The zero-order chi connectivity index (χ0) is 14.3. The van der Waals surface area contributed by atoms with Gasteiger partial charge in [-0.2, -0.15) is 14.5 Å². The maximum absolute atomic E-state index is 12.7. The van der Waals surface area contributed by atoms with Crippen LogP contribution in [0.25, 0.3) is 0 Å². The number of H-pyrrole nitrogens is 1. The van der Waals surface area contributed by atoms with E-state index in [2.05, 4.69) is 15.3 Å². The Morgan fingerprint density at radius 3 is 2.80 bits per heavy atom. The quantitative estimate of drug-likeness (QED) is 0.914. The Balaban J connectivity index is 1.99. The number of aromatic amines is 1. The molecule has 0 saturated carbocycles. The van der Waals surface area contributed by atoms with Gasteiger partial charge in [-0.15, -0.1) is 0 Å². The number of hydrogen-bond acceptors (Lipinski definition) is 4. The topological polar surface area (TPSA) is 83.9 Å². The lowest BCUT2D eigenvalue weighted by Crippen LogP contribution is -2.31. The Kier molecular flexibility index (Phi) is 3.14. The van der Waals surface area contributed by atoms with Crippen LogP contribution in [0.4, 0.5) is 0 Å². The lowest BCUT2D eigenvalue weighted by Gasteiger charge is -2.22. The summed E-state index contributed by atoms with van der Waals surface area (Å²) >= 11 is 0. The molecule has 0 amide bonds. The van der Waals surface area contributed by atoms with Crippen molar-refractivity contribution in [2.45, 2.75) is 30.7 Å². The summed E-state index contributed by atoms with van der Waals surface area (Å²) in [6.07, 6.45) is 6.31. The lowest BCUT2D eigenvalue weighted by atomic mass is 10.1. The number of sulfonamides is 1. The van der Waals surface area contributed by atoms with Gasteiger partial charge in [0, 0.05) is 19.8 Å². The second-order valence-corrected chi connectivity index (χ2v) is 6.98. The molecule has 0 aliphatic carbocycles. The fourth-order valence-corrected chi connectivity index (χ4v) is 4.33. The zero-order valence-corrected chi connectivity index (χ0v) is 12.3. The molecule has 1 atom stereocenters. The predicted octanol–water partition coefficient (Wildman–Crippen LogP) is 0.977. The monoisotopic (exact) mass is 295 g/mol. The first-order valence-electron chi connectivity index (χ1n) is 6.50. The fourth-order valence-electron chi connectivity index (χ4n) is 2.68. The zero-order valence-electron chi connectivity index (χ0n) is 11.4.